The fraction of sp³-hybridized carbons (Fsp3) is 0.647. The maximum absolute atomic E-state index is 12.8. The smallest absolute Gasteiger partial charge is 0.405 e. The second kappa shape index (κ2) is 8.54. The summed E-state index contributed by atoms with van der Waals surface area (Å²) in [6, 6.07) is 4.66. The number of hydrogen-bond donors (Lipinski definition) is 1. The number of ether oxygens (including phenoxy) is 1. The van der Waals surface area contributed by atoms with Crippen LogP contribution in [0.5, 0.6) is 5.75 Å². The van der Waals surface area contributed by atoms with Crippen LogP contribution >= 0.6 is 15.9 Å². The van der Waals surface area contributed by atoms with Gasteiger partial charge in [-0.25, -0.2) is 0 Å². The summed E-state index contributed by atoms with van der Waals surface area (Å²) < 4.78 is 43.4. The number of piperazine rings is 1. The van der Waals surface area contributed by atoms with Gasteiger partial charge >= 0.3 is 6.36 Å². The normalized spacial score (nSPS) is 18.0. The molecule has 1 aromatic rings. The molecule has 1 aliphatic heterocycles. The lowest BCUT2D eigenvalue weighted by molar-refractivity contribution is -0.275. The van der Waals surface area contributed by atoms with Gasteiger partial charge in [-0.2, -0.15) is 0 Å². The Morgan fingerprint density at radius 2 is 1.88 bits per heavy atom. The molecule has 1 heterocycles. The lowest BCUT2D eigenvalue weighted by Crippen LogP contribution is -2.45. The topological polar surface area (TPSA) is 24.5 Å². The first-order chi connectivity index (χ1) is 11.3. The zero-order valence-electron chi connectivity index (χ0n) is 14.0. The van der Waals surface area contributed by atoms with Gasteiger partial charge in [0.15, 0.2) is 0 Å². The van der Waals surface area contributed by atoms with Crippen molar-refractivity contribution in [1.29, 1.82) is 0 Å². The van der Waals surface area contributed by atoms with E-state index in [-0.39, 0.29) is 11.8 Å². The van der Waals surface area contributed by atoms with Crippen molar-refractivity contribution in [3.05, 3.63) is 28.2 Å². The van der Waals surface area contributed by atoms with Gasteiger partial charge in [0.1, 0.15) is 5.75 Å². The predicted molar refractivity (Wildman–Crippen MR) is 92.1 cm³/mol. The second-order valence-corrected chi connectivity index (χ2v) is 7.42. The van der Waals surface area contributed by atoms with E-state index in [0.717, 1.165) is 43.5 Å². The van der Waals surface area contributed by atoms with E-state index in [9.17, 15) is 13.2 Å². The van der Waals surface area contributed by atoms with Crippen molar-refractivity contribution in [2.45, 2.75) is 39.1 Å². The SMILES string of the molecule is CC(C)CC[C@H](c1cc(Br)ccc1OC(F)(F)F)N1CCNCC1. The van der Waals surface area contributed by atoms with Crippen LogP contribution in [0.1, 0.15) is 38.3 Å². The van der Waals surface area contributed by atoms with Crippen molar-refractivity contribution in [3.8, 4) is 5.75 Å². The zero-order valence-corrected chi connectivity index (χ0v) is 15.6. The van der Waals surface area contributed by atoms with Gasteiger partial charge in [-0.1, -0.05) is 29.8 Å². The number of halogens is 4. The minimum absolute atomic E-state index is 0.0793. The highest BCUT2D eigenvalue weighted by atomic mass is 79.9. The number of hydrogen-bond acceptors (Lipinski definition) is 3. The van der Waals surface area contributed by atoms with Crippen LogP contribution in [0.4, 0.5) is 13.2 Å². The Morgan fingerprint density at radius 3 is 2.46 bits per heavy atom. The van der Waals surface area contributed by atoms with Gasteiger partial charge in [0, 0.05) is 42.3 Å². The summed E-state index contributed by atoms with van der Waals surface area (Å²) in [5, 5.41) is 3.29. The number of rotatable bonds is 6. The minimum atomic E-state index is -4.69. The number of alkyl halides is 3. The van der Waals surface area contributed by atoms with E-state index in [2.05, 4.69) is 44.7 Å². The molecule has 0 saturated carbocycles. The van der Waals surface area contributed by atoms with E-state index < -0.39 is 6.36 Å². The monoisotopic (exact) mass is 408 g/mol. The summed E-state index contributed by atoms with van der Waals surface area (Å²) in [4.78, 5) is 2.25. The van der Waals surface area contributed by atoms with Gasteiger partial charge in [0.2, 0.25) is 0 Å². The molecule has 0 radical (unpaired) electrons. The van der Waals surface area contributed by atoms with Crippen LogP contribution in [-0.4, -0.2) is 37.4 Å². The van der Waals surface area contributed by atoms with E-state index in [1.165, 1.54) is 6.07 Å². The average Bonchev–Trinajstić information content (AvgIpc) is 2.49. The summed E-state index contributed by atoms with van der Waals surface area (Å²) in [6.07, 6.45) is -2.93. The van der Waals surface area contributed by atoms with E-state index in [1.807, 2.05) is 0 Å². The average molecular weight is 409 g/mol. The lowest BCUT2D eigenvalue weighted by Gasteiger charge is -2.36. The molecule has 24 heavy (non-hydrogen) atoms. The van der Waals surface area contributed by atoms with Gasteiger partial charge in [-0.05, 0) is 37.0 Å². The van der Waals surface area contributed by atoms with Crippen molar-refractivity contribution in [3.63, 3.8) is 0 Å². The molecule has 1 aromatic carbocycles. The van der Waals surface area contributed by atoms with Gasteiger partial charge in [0.05, 0.1) is 0 Å². The summed E-state index contributed by atoms with van der Waals surface area (Å²) >= 11 is 3.38. The highest BCUT2D eigenvalue weighted by molar-refractivity contribution is 9.10. The molecule has 0 bridgehead atoms. The molecular weight excluding hydrogens is 385 g/mol. The third-order valence-corrected chi connectivity index (χ3v) is 4.66. The van der Waals surface area contributed by atoms with Crippen LogP contribution in [0.3, 0.4) is 0 Å². The fourth-order valence-electron chi connectivity index (χ4n) is 3.02. The maximum atomic E-state index is 12.8. The number of nitrogens with zero attached hydrogens (tertiary/aromatic N) is 1. The first-order valence-corrected chi connectivity index (χ1v) is 9.05. The molecule has 1 atom stereocenters. The fourth-order valence-corrected chi connectivity index (χ4v) is 3.40. The second-order valence-electron chi connectivity index (χ2n) is 6.50. The lowest BCUT2D eigenvalue weighted by atomic mass is 9.95. The molecule has 0 spiro atoms. The highest BCUT2D eigenvalue weighted by Crippen LogP contribution is 2.38. The Hall–Kier alpha value is -0.790. The van der Waals surface area contributed by atoms with Crippen LogP contribution in [0.2, 0.25) is 0 Å². The Kier molecular flexibility index (Phi) is 6.95. The molecule has 7 heteroatoms. The third-order valence-electron chi connectivity index (χ3n) is 4.17. The van der Waals surface area contributed by atoms with Crippen LogP contribution in [0.15, 0.2) is 22.7 Å². The standard InChI is InChI=1S/C17H24BrF3N2O/c1-12(2)3-5-15(23-9-7-22-8-10-23)14-11-13(18)4-6-16(14)24-17(19,20)21/h4,6,11-12,15,22H,3,5,7-10H2,1-2H3/t15-/m1/s1. The molecule has 3 nitrogen and oxygen atoms in total. The van der Waals surface area contributed by atoms with E-state index in [1.54, 1.807) is 12.1 Å². The Labute approximate surface area is 149 Å². The van der Waals surface area contributed by atoms with Crippen LogP contribution < -0.4 is 10.1 Å². The van der Waals surface area contributed by atoms with Crippen molar-refractivity contribution >= 4 is 15.9 Å². The molecule has 1 N–H and O–H groups in total. The van der Waals surface area contributed by atoms with Crippen LogP contribution in [0.25, 0.3) is 0 Å². The number of benzene rings is 1. The Morgan fingerprint density at radius 1 is 1.21 bits per heavy atom. The summed E-state index contributed by atoms with van der Waals surface area (Å²) in [5.41, 5.74) is 0.601. The number of nitrogens with one attached hydrogen (secondary N) is 1. The molecule has 1 saturated heterocycles. The van der Waals surface area contributed by atoms with E-state index >= 15 is 0 Å². The minimum Gasteiger partial charge on any atom is -0.405 e. The molecule has 0 amide bonds. The molecule has 0 aliphatic carbocycles. The summed E-state index contributed by atoms with van der Waals surface area (Å²) in [5.74, 6) is 0.396. The molecule has 1 fully saturated rings. The highest BCUT2D eigenvalue weighted by Gasteiger charge is 2.34. The van der Waals surface area contributed by atoms with E-state index in [0.29, 0.717) is 11.5 Å². The Bertz CT molecular complexity index is 531. The van der Waals surface area contributed by atoms with Crippen molar-refractivity contribution in [2.75, 3.05) is 26.2 Å². The molecule has 0 aromatic heterocycles. The van der Waals surface area contributed by atoms with Gasteiger partial charge in [-0.3, -0.25) is 4.90 Å². The zero-order chi connectivity index (χ0) is 17.7. The van der Waals surface area contributed by atoms with Gasteiger partial charge < -0.3 is 10.1 Å². The van der Waals surface area contributed by atoms with Gasteiger partial charge in [0.25, 0.3) is 0 Å². The van der Waals surface area contributed by atoms with Crippen LogP contribution in [0, 0.1) is 5.92 Å². The van der Waals surface area contributed by atoms with Gasteiger partial charge in [-0.15, -0.1) is 13.2 Å². The molecule has 2 rings (SSSR count). The first-order valence-electron chi connectivity index (χ1n) is 8.26. The summed E-state index contributed by atoms with van der Waals surface area (Å²) in [6.45, 7) is 7.59. The van der Waals surface area contributed by atoms with Crippen molar-refractivity contribution in [1.82, 2.24) is 10.2 Å². The predicted octanol–water partition coefficient (Wildman–Crippen LogP) is 4.73. The largest absolute Gasteiger partial charge is 0.573 e. The molecule has 136 valence electrons. The van der Waals surface area contributed by atoms with Crippen molar-refractivity contribution < 1.29 is 17.9 Å². The quantitative estimate of drug-likeness (QED) is 0.735. The summed E-state index contributed by atoms with van der Waals surface area (Å²) in [7, 11) is 0. The third kappa shape index (κ3) is 5.93. The molecule has 0 unspecified atom stereocenters. The van der Waals surface area contributed by atoms with E-state index in [4.69, 9.17) is 0 Å². The van der Waals surface area contributed by atoms with Crippen LogP contribution in [-0.2, 0) is 0 Å². The Balaban J connectivity index is 2.33. The molecular formula is C17H24BrF3N2O. The molecule has 1 aliphatic rings. The maximum Gasteiger partial charge on any atom is 0.573 e. The van der Waals surface area contributed by atoms with Crippen molar-refractivity contribution in [2.24, 2.45) is 5.92 Å². The first kappa shape index (κ1) is 19.5.